The number of halogens is 1. The van der Waals surface area contributed by atoms with Gasteiger partial charge in [-0.1, -0.05) is 54.1 Å². The topological polar surface area (TPSA) is 58.2 Å². The Morgan fingerprint density at radius 2 is 1.75 bits per heavy atom. The number of aromatic amines is 1. The summed E-state index contributed by atoms with van der Waals surface area (Å²) in [6.07, 6.45) is 3.75. The Balaban J connectivity index is 1.19. The Morgan fingerprint density at radius 1 is 0.972 bits per heavy atom. The zero-order valence-electron chi connectivity index (χ0n) is 20.0. The predicted octanol–water partition coefficient (Wildman–Crippen LogP) is 6.24. The van der Waals surface area contributed by atoms with Gasteiger partial charge in [0.15, 0.2) is 0 Å². The van der Waals surface area contributed by atoms with Crippen molar-refractivity contribution in [2.45, 2.75) is 44.2 Å². The van der Waals surface area contributed by atoms with E-state index in [4.69, 9.17) is 21.3 Å². The molecule has 0 spiro atoms. The van der Waals surface area contributed by atoms with Crippen LogP contribution in [0, 0.1) is 0 Å². The molecule has 0 atom stereocenters. The second-order valence-electron chi connectivity index (χ2n) is 9.81. The minimum atomic E-state index is -0.214. The minimum Gasteiger partial charge on any atom is -0.457 e. The highest BCUT2D eigenvalue weighted by Gasteiger charge is 2.48. The maximum absolute atomic E-state index is 13.3. The maximum atomic E-state index is 13.3. The van der Waals surface area contributed by atoms with Crippen molar-refractivity contribution in [3.8, 4) is 11.5 Å². The summed E-state index contributed by atoms with van der Waals surface area (Å²) < 4.78 is 5.91. The molecule has 4 aromatic rings. The molecule has 0 bridgehead atoms. The molecule has 6 rings (SSSR count). The van der Waals surface area contributed by atoms with Gasteiger partial charge < -0.3 is 9.72 Å². The third-order valence-electron chi connectivity index (χ3n) is 7.26. The molecule has 1 aliphatic heterocycles. The monoisotopic (exact) mass is 497 g/mol. The van der Waals surface area contributed by atoms with Gasteiger partial charge >= 0.3 is 0 Å². The van der Waals surface area contributed by atoms with Gasteiger partial charge in [0.2, 0.25) is 0 Å². The Kier molecular flexibility index (Phi) is 6.12. The first kappa shape index (κ1) is 23.0. The first-order valence-corrected chi connectivity index (χ1v) is 12.9. The summed E-state index contributed by atoms with van der Waals surface area (Å²) in [6.45, 7) is 2.30. The molecule has 5 nitrogen and oxygen atoms in total. The van der Waals surface area contributed by atoms with Crippen LogP contribution in [0.15, 0.2) is 83.7 Å². The molecule has 1 aliphatic carbocycles. The van der Waals surface area contributed by atoms with Gasteiger partial charge in [0, 0.05) is 18.1 Å². The smallest absolute Gasteiger partial charge is 0.255 e. The van der Waals surface area contributed by atoms with Crippen molar-refractivity contribution in [3.05, 3.63) is 122 Å². The number of aromatic nitrogens is 2. The number of hydrogen-bond acceptors (Lipinski definition) is 4. The van der Waals surface area contributed by atoms with Crippen LogP contribution in [0.4, 0.5) is 0 Å². The molecule has 182 valence electrons. The fourth-order valence-electron chi connectivity index (χ4n) is 5.17. The Morgan fingerprint density at radius 3 is 2.50 bits per heavy atom. The van der Waals surface area contributed by atoms with Gasteiger partial charge in [-0.2, -0.15) is 0 Å². The summed E-state index contributed by atoms with van der Waals surface area (Å²) in [6, 6.07) is 25.9. The second kappa shape index (κ2) is 9.57. The number of rotatable bonds is 6. The Bertz CT molecular complexity index is 1430. The van der Waals surface area contributed by atoms with Crippen molar-refractivity contribution in [2.24, 2.45) is 0 Å². The van der Waals surface area contributed by atoms with E-state index in [1.165, 1.54) is 5.56 Å². The van der Waals surface area contributed by atoms with Crippen molar-refractivity contribution in [3.63, 3.8) is 0 Å². The lowest BCUT2D eigenvalue weighted by Crippen LogP contribution is -2.29. The summed E-state index contributed by atoms with van der Waals surface area (Å²) in [4.78, 5) is 23.8. The van der Waals surface area contributed by atoms with Crippen molar-refractivity contribution in [1.82, 2.24) is 14.9 Å². The molecule has 3 aromatic carbocycles. The van der Waals surface area contributed by atoms with E-state index in [2.05, 4.69) is 28.1 Å². The van der Waals surface area contributed by atoms with Crippen LogP contribution in [0.25, 0.3) is 0 Å². The van der Waals surface area contributed by atoms with Crippen LogP contribution >= 0.6 is 11.6 Å². The number of benzene rings is 3. The maximum Gasteiger partial charge on any atom is 0.255 e. The lowest BCUT2D eigenvalue weighted by Gasteiger charge is -2.21. The first-order chi connectivity index (χ1) is 17.6. The SMILES string of the molecule is O=c1[nH]c(C2(c3cccc(Cl)c3)CC2)nc2c1CN(Cc1ccc(Oc3ccccc3)cc1)CCC2. The van der Waals surface area contributed by atoms with E-state index in [-0.39, 0.29) is 11.0 Å². The van der Waals surface area contributed by atoms with Crippen LogP contribution in [0.3, 0.4) is 0 Å². The number of nitrogens with zero attached hydrogens (tertiary/aromatic N) is 2. The third-order valence-corrected chi connectivity index (χ3v) is 7.49. The molecule has 1 fully saturated rings. The highest BCUT2D eigenvalue weighted by Crippen LogP contribution is 2.52. The summed E-state index contributed by atoms with van der Waals surface area (Å²) in [5, 5.41) is 0.714. The predicted molar refractivity (Wildman–Crippen MR) is 142 cm³/mol. The van der Waals surface area contributed by atoms with Gasteiger partial charge in [-0.05, 0) is 79.8 Å². The van der Waals surface area contributed by atoms with E-state index in [0.717, 1.165) is 72.9 Å². The number of ether oxygens (including phenoxy) is 1. The molecule has 36 heavy (non-hydrogen) atoms. The van der Waals surface area contributed by atoms with E-state index in [1.807, 2.05) is 60.7 Å². The summed E-state index contributed by atoms with van der Waals surface area (Å²) in [5.41, 5.74) is 3.83. The molecule has 1 aromatic heterocycles. The third kappa shape index (κ3) is 4.69. The normalized spacial score (nSPS) is 16.7. The molecule has 6 heteroatoms. The highest BCUT2D eigenvalue weighted by atomic mass is 35.5. The van der Waals surface area contributed by atoms with Gasteiger partial charge in [0.1, 0.15) is 17.3 Å². The van der Waals surface area contributed by atoms with Gasteiger partial charge in [0.25, 0.3) is 5.56 Å². The average Bonchev–Trinajstić information content (AvgIpc) is 3.71. The Hall–Kier alpha value is -3.41. The fourth-order valence-corrected chi connectivity index (χ4v) is 5.36. The van der Waals surface area contributed by atoms with Crippen LogP contribution in [0.2, 0.25) is 5.02 Å². The van der Waals surface area contributed by atoms with Gasteiger partial charge in [-0.3, -0.25) is 9.69 Å². The van der Waals surface area contributed by atoms with Crippen LogP contribution in [0.1, 0.15) is 47.5 Å². The van der Waals surface area contributed by atoms with E-state index in [0.29, 0.717) is 11.6 Å². The number of nitrogens with one attached hydrogen (secondary N) is 1. The molecule has 0 unspecified atom stereocenters. The summed E-state index contributed by atoms with van der Waals surface area (Å²) >= 11 is 6.26. The van der Waals surface area contributed by atoms with Crippen LogP contribution in [-0.4, -0.2) is 21.4 Å². The molecule has 0 amide bonds. The van der Waals surface area contributed by atoms with Crippen molar-refractivity contribution < 1.29 is 4.74 Å². The number of aryl methyl sites for hydroxylation is 1. The molecule has 1 N–H and O–H groups in total. The van der Waals surface area contributed by atoms with Crippen molar-refractivity contribution in [2.75, 3.05) is 6.54 Å². The molecule has 2 aliphatic rings. The zero-order valence-corrected chi connectivity index (χ0v) is 20.8. The van der Waals surface area contributed by atoms with E-state index >= 15 is 0 Å². The van der Waals surface area contributed by atoms with Crippen LogP contribution < -0.4 is 10.3 Å². The first-order valence-electron chi connectivity index (χ1n) is 12.5. The average molecular weight is 498 g/mol. The number of fused-ring (bicyclic) bond motifs is 1. The van der Waals surface area contributed by atoms with E-state index < -0.39 is 0 Å². The summed E-state index contributed by atoms with van der Waals surface area (Å²) in [7, 11) is 0. The zero-order chi connectivity index (χ0) is 24.5. The quantitative estimate of drug-likeness (QED) is 0.342. The molecule has 2 heterocycles. The van der Waals surface area contributed by atoms with E-state index in [1.54, 1.807) is 0 Å². The number of hydrogen-bond donors (Lipinski definition) is 1. The lowest BCUT2D eigenvalue weighted by atomic mass is 9.94. The fraction of sp³-hybridized carbons (Fsp3) is 0.267. The van der Waals surface area contributed by atoms with Gasteiger partial charge in [-0.15, -0.1) is 0 Å². The van der Waals surface area contributed by atoms with Crippen molar-refractivity contribution >= 4 is 11.6 Å². The van der Waals surface area contributed by atoms with Crippen LogP contribution in [0.5, 0.6) is 11.5 Å². The molecule has 0 radical (unpaired) electrons. The number of para-hydroxylation sites is 1. The highest BCUT2D eigenvalue weighted by molar-refractivity contribution is 6.30. The standard InChI is InChI=1S/C30H28ClN3O2/c31-23-7-4-6-22(18-23)30(15-16-30)29-32-27-10-5-17-34(20-26(27)28(35)33-29)19-21-11-13-25(14-12-21)36-24-8-2-1-3-9-24/h1-4,6-9,11-14,18H,5,10,15-17,19-20H2,(H,32,33,35). The van der Waals surface area contributed by atoms with Crippen LogP contribution in [-0.2, 0) is 24.9 Å². The molecular weight excluding hydrogens is 470 g/mol. The number of H-pyrrole nitrogens is 1. The van der Waals surface area contributed by atoms with Gasteiger partial charge in [0.05, 0.1) is 16.7 Å². The molecule has 0 saturated heterocycles. The molecule has 1 saturated carbocycles. The largest absolute Gasteiger partial charge is 0.457 e. The Labute approximate surface area is 215 Å². The van der Waals surface area contributed by atoms with Crippen molar-refractivity contribution in [1.29, 1.82) is 0 Å². The summed E-state index contributed by atoms with van der Waals surface area (Å²) in [5.74, 6) is 2.42. The molecular formula is C30H28ClN3O2. The second-order valence-corrected chi connectivity index (χ2v) is 10.2. The lowest BCUT2D eigenvalue weighted by molar-refractivity contribution is 0.260. The van der Waals surface area contributed by atoms with Gasteiger partial charge in [-0.25, -0.2) is 4.98 Å². The minimum absolute atomic E-state index is 0.0122. The van der Waals surface area contributed by atoms with E-state index in [9.17, 15) is 4.79 Å².